The highest BCUT2D eigenvalue weighted by Gasteiger charge is 2.31. The molecular formula is C13H15N2O6P. The van der Waals surface area contributed by atoms with Gasteiger partial charge in [0.15, 0.2) is 0 Å². The van der Waals surface area contributed by atoms with Gasteiger partial charge in [0.2, 0.25) is 0 Å². The zero-order chi connectivity index (χ0) is 16.3. The molecule has 0 saturated heterocycles. The van der Waals surface area contributed by atoms with Crippen molar-refractivity contribution in [1.29, 1.82) is 0 Å². The minimum atomic E-state index is -4.17. The predicted octanol–water partition coefficient (Wildman–Crippen LogP) is 0.886. The number of benzene rings is 1. The van der Waals surface area contributed by atoms with E-state index < -0.39 is 31.9 Å². The Morgan fingerprint density at radius 1 is 1.27 bits per heavy atom. The highest BCUT2D eigenvalue weighted by Crippen LogP contribution is 2.38. The number of hydrogen-bond acceptors (Lipinski definition) is 3. The minimum absolute atomic E-state index is 0.0599. The van der Waals surface area contributed by atoms with Crippen LogP contribution in [0.25, 0.3) is 10.9 Å². The zero-order valence-electron chi connectivity index (χ0n) is 11.4. The van der Waals surface area contributed by atoms with E-state index in [4.69, 9.17) is 10.2 Å². The third-order valence-corrected chi connectivity index (χ3v) is 4.85. The first kappa shape index (κ1) is 16.2. The maximum Gasteiger partial charge on any atom is 0.321 e. The molecule has 0 amide bonds. The molecular weight excluding hydrogens is 311 g/mol. The number of carboxylic acids is 2. The lowest BCUT2D eigenvalue weighted by Crippen LogP contribution is -2.37. The summed E-state index contributed by atoms with van der Waals surface area (Å²) in [4.78, 5) is 34.7. The topological polar surface area (TPSA) is 140 Å². The van der Waals surface area contributed by atoms with Crippen LogP contribution in [0.4, 0.5) is 0 Å². The number of aromatic nitrogens is 1. The van der Waals surface area contributed by atoms with E-state index in [1.54, 1.807) is 24.3 Å². The highest BCUT2D eigenvalue weighted by molar-refractivity contribution is 7.64. The number of carboxylic acid groups (broad SMARTS) is 2. The molecule has 0 aliphatic carbocycles. The van der Waals surface area contributed by atoms with Crippen molar-refractivity contribution in [2.45, 2.75) is 18.9 Å². The number of hydrogen-bond donors (Lipinski definition) is 5. The van der Waals surface area contributed by atoms with E-state index in [0.717, 1.165) is 0 Å². The van der Waals surface area contributed by atoms with Gasteiger partial charge < -0.3 is 20.1 Å². The molecule has 0 aliphatic rings. The Hall–Kier alpha value is -2.15. The summed E-state index contributed by atoms with van der Waals surface area (Å²) in [7, 11) is -4.17. The number of para-hydroxylation sites is 1. The second-order valence-electron chi connectivity index (χ2n) is 4.75. The lowest BCUT2D eigenvalue weighted by molar-refractivity contribution is -0.140. The van der Waals surface area contributed by atoms with Crippen LogP contribution in [0.1, 0.15) is 12.8 Å². The van der Waals surface area contributed by atoms with Crippen LogP contribution < -0.4 is 10.4 Å². The molecule has 0 fully saturated rings. The fraction of sp³-hybridized carbons (Fsp3) is 0.231. The molecule has 0 spiro atoms. The molecule has 2 rings (SSSR count). The van der Waals surface area contributed by atoms with Crippen LogP contribution in [-0.2, 0) is 14.2 Å². The van der Waals surface area contributed by atoms with Crippen molar-refractivity contribution in [1.82, 2.24) is 10.1 Å². The van der Waals surface area contributed by atoms with Gasteiger partial charge in [0.1, 0.15) is 6.04 Å². The van der Waals surface area contributed by atoms with Gasteiger partial charge in [-0.25, -0.2) is 5.09 Å². The summed E-state index contributed by atoms with van der Waals surface area (Å²) in [5.41, 5.74) is 0.644. The normalized spacial score (nSPS) is 15.3. The van der Waals surface area contributed by atoms with Gasteiger partial charge in [-0.05, 0) is 12.5 Å². The van der Waals surface area contributed by atoms with Crippen LogP contribution in [0, 0.1) is 0 Å². The fourth-order valence-corrected chi connectivity index (χ4v) is 3.66. The first-order valence-electron chi connectivity index (χ1n) is 6.43. The quantitative estimate of drug-likeness (QED) is 0.476. The number of carbonyl (C=O) groups is 2. The van der Waals surface area contributed by atoms with E-state index in [1.807, 2.05) is 0 Å². The third kappa shape index (κ3) is 3.54. The van der Waals surface area contributed by atoms with Gasteiger partial charge in [-0.15, -0.1) is 0 Å². The molecule has 2 aromatic rings. The van der Waals surface area contributed by atoms with Crippen molar-refractivity contribution < 1.29 is 29.3 Å². The summed E-state index contributed by atoms with van der Waals surface area (Å²) in [5, 5.41) is 20.4. The summed E-state index contributed by atoms with van der Waals surface area (Å²) in [6, 6.07) is 5.38. The number of aliphatic carboxylic acids is 2. The van der Waals surface area contributed by atoms with E-state index in [1.165, 1.54) is 6.20 Å². The first-order valence-corrected chi connectivity index (χ1v) is 8.09. The lowest BCUT2D eigenvalue weighted by atomic mass is 10.2. The molecule has 0 radical (unpaired) electrons. The molecule has 2 unspecified atom stereocenters. The molecule has 8 nitrogen and oxygen atoms in total. The van der Waals surface area contributed by atoms with E-state index >= 15 is 0 Å². The van der Waals surface area contributed by atoms with Crippen LogP contribution >= 0.6 is 7.52 Å². The highest BCUT2D eigenvalue weighted by atomic mass is 31.2. The van der Waals surface area contributed by atoms with E-state index in [-0.39, 0.29) is 11.7 Å². The molecule has 5 N–H and O–H groups in total. The van der Waals surface area contributed by atoms with Crippen molar-refractivity contribution >= 4 is 35.7 Å². The van der Waals surface area contributed by atoms with Crippen LogP contribution in [0.5, 0.6) is 0 Å². The van der Waals surface area contributed by atoms with Crippen LogP contribution in [0.15, 0.2) is 30.5 Å². The van der Waals surface area contributed by atoms with Crippen LogP contribution in [0.2, 0.25) is 0 Å². The third-order valence-electron chi connectivity index (χ3n) is 3.17. The van der Waals surface area contributed by atoms with Crippen molar-refractivity contribution in [2.75, 3.05) is 0 Å². The number of nitrogens with one attached hydrogen (secondary N) is 2. The van der Waals surface area contributed by atoms with Crippen molar-refractivity contribution in [3.05, 3.63) is 30.5 Å². The van der Waals surface area contributed by atoms with Gasteiger partial charge >= 0.3 is 11.9 Å². The standard InChI is InChI=1S/C13H15N2O6P/c16-12(17)6-5-10(13(18)19)15-22(20,21)11-7-14-9-4-2-1-3-8(9)11/h1-4,7,10,14H,5-6H2,(H,16,17)(H,18,19)(H2,15,20,21). The summed E-state index contributed by atoms with van der Waals surface area (Å²) in [6.07, 6.45) is 0.629. The van der Waals surface area contributed by atoms with Crippen LogP contribution in [0.3, 0.4) is 0 Å². The van der Waals surface area contributed by atoms with Crippen molar-refractivity contribution in [3.63, 3.8) is 0 Å². The summed E-state index contributed by atoms with van der Waals surface area (Å²) in [5.74, 6) is -2.55. The Morgan fingerprint density at radius 2 is 1.95 bits per heavy atom. The Kier molecular flexibility index (Phi) is 4.65. The largest absolute Gasteiger partial charge is 0.481 e. The van der Waals surface area contributed by atoms with Crippen molar-refractivity contribution in [3.8, 4) is 0 Å². The molecule has 1 aromatic heterocycles. The number of aromatic amines is 1. The van der Waals surface area contributed by atoms with Gasteiger partial charge in [-0.1, -0.05) is 18.2 Å². The fourth-order valence-electron chi connectivity index (χ4n) is 2.10. The zero-order valence-corrected chi connectivity index (χ0v) is 12.3. The number of H-pyrrole nitrogens is 1. The molecule has 1 aromatic carbocycles. The Bertz CT molecular complexity index is 756. The molecule has 0 bridgehead atoms. The van der Waals surface area contributed by atoms with E-state index in [0.29, 0.717) is 10.9 Å². The molecule has 0 saturated carbocycles. The summed E-state index contributed by atoms with van der Waals surface area (Å²) >= 11 is 0. The summed E-state index contributed by atoms with van der Waals surface area (Å²) < 4.78 is 12.5. The maximum absolute atomic E-state index is 12.5. The first-order chi connectivity index (χ1) is 10.3. The van der Waals surface area contributed by atoms with Crippen LogP contribution in [-0.4, -0.2) is 38.1 Å². The van der Waals surface area contributed by atoms with Gasteiger partial charge in [0.25, 0.3) is 7.52 Å². The minimum Gasteiger partial charge on any atom is -0.481 e. The smallest absolute Gasteiger partial charge is 0.321 e. The van der Waals surface area contributed by atoms with E-state index in [2.05, 4.69) is 10.1 Å². The molecule has 2 atom stereocenters. The predicted molar refractivity (Wildman–Crippen MR) is 79.2 cm³/mol. The lowest BCUT2D eigenvalue weighted by Gasteiger charge is -2.18. The molecule has 9 heteroatoms. The Labute approximate surface area is 125 Å². The SMILES string of the molecule is O=C(O)CCC(NP(=O)(O)c1c[nH]c2ccccc12)C(=O)O. The average Bonchev–Trinajstić information content (AvgIpc) is 2.87. The second-order valence-corrected chi connectivity index (χ2v) is 6.64. The van der Waals surface area contributed by atoms with E-state index in [9.17, 15) is 19.0 Å². The average molecular weight is 326 g/mol. The molecule has 0 aliphatic heterocycles. The molecule has 118 valence electrons. The monoisotopic (exact) mass is 326 g/mol. The number of fused-ring (bicyclic) bond motifs is 1. The number of rotatable bonds is 7. The van der Waals surface area contributed by atoms with Gasteiger partial charge in [-0.3, -0.25) is 14.2 Å². The maximum atomic E-state index is 12.5. The van der Waals surface area contributed by atoms with Crippen molar-refractivity contribution in [2.24, 2.45) is 0 Å². The van der Waals surface area contributed by atoms with Gasteiger partial charge in [-0.2, -0.15) is 0 Å². The Balaban J connectivity index is 2.26. The Morgan fingerprint density at radius 3 is 2.59 bits per heavy atom. The van der Waals surface area contributed by atoms with Gasteiger partial charge in [0.05, 0.1) is 5.30 Å². The second kappa shape index (κ2) is 6.31. The molecule has 22 heavy (non-hydrogen) atoms. The van der Waals surface area contributed by atoms with Gasteiger partial charge in [0, 0.05) is 23.5 Å². The molecule has 1 heterocycles. The summed E-state index contributed by atoms with van der Waals surface area (Å²) in [6.45, 7) is 0.